The zero-order valence-electron chi connectivity index (χ0n) is 12.5. The molecule has 0 fully saturated rings. The van der Waals surface area contributed by atoms with Gasteiger partial charge in [0, 0.05) is 17.3 Å². The number of pyridine rings is 1. The summed E-state index contributed by atoms with van der Waals surface area (Å²) >= 11 is 0. The summed E-state index contributed by atoms with van der Waals surface area (Å²) in [7, 11) is 0. The topological polar surface area (TPSA) is 12.9 Å². The Morgan fingerprint density at radius 3 is 1.86 bits per heavy atom. The molecule has 1 aromatic heterocycles. The van der Waals surface area contributed by atoms with Crippen LogP contribution in [-0.4, -0.2) is 4.98 Å². The number of rotatable bonds is 3. The number of hydrogen-bond donors (Lipinski definition) is 0. The van der Waals surface area contributed by atoms with Crippen LogP contribution in [0.5, 0.6) is 0 Å². The van der Waals surface area contributed by atoms with Crippen molar-refractivity contribution in [2.45, 2.75) is 19.8 Å². The van der Waals surface area contributed by atoms with Crippen LogP contribution in [0.25, 0.3) is 22.3 Å². The molecule has 0 bridgehead atoms. The molecular weight excluding hydrogens is 254 g/mol. The van der Waals surface area contributed by atoms with Crippen LogP contribution in [0.3, 0.4) is 0 Å². The second-order valence-electron chi connectivity index (χ2n) is 5.54. The fourth-order valence-electron chi connectivity index (χ4n) is 2.57. The molecule has 1 heterocycles. The molecule has 104 valence electrons. The van der Waals surface area contributed by atoms with Crippen LogP contribution in [0.4, 0.5) is 0 Å². The smallest absolute Gasteiger partial charge is 0.0507 e. The van der Waals surface area contributed by atoms with Gasteiger partial charge in [-0.1, -0.05) is 74.5 Å². The Hall–Kier alpha value is -2.41. The fraction of sp³-hybridized carbons (Fsp3) is 0.150. The monoisotopic (exact) mass is 273 g/mol. The average Bonchev–Trinajstić information content (AvgIpc) is 2.56. The average molecular weight is 273 g/mol. The van der Waals surface area contributed by atoms with E-state index in [1.807, 2.05) is 18.3 Å². The highest BCUT2D eigenvalue weighted by molar-refractivity contribution is 5.74. The Balaban J connectivity index is 2.16. The minimum atomic E-state index is 0.407. The van der Waals surface area contributed by atoms with E-state index in [0.29, 0.717) is 5.92 Å². The maximum Gasteiger partial charge on any atom is 0.0507 e. The Kier molecular flexibility index (Phi) is 3.83. The third kappa shape index (κ3) is 2.87. The summed E-state index contributed by atoms with van der Waals surface area (Å²) in [5, 5.41) is 0. The highest BCUT2D eigenvalue weighted by Crippen LogP contribution is 2.31. The zero-order valence-corrected chi connectivity index (χ0v) is 12.5. The molecule has 0 aliphatic rings. The van der Waals surface area contributed by atoms with Crippen LogP contribution in [0, 0.1) is 0 Å². The first-order valence-corrected chi connectivity index (χ1v) is 7.36. The summed E-state index contributed by atoms with van der Waals surface area (Å²) in [5.74, 6) is 0.407. The van der Waals surface area contributed by atoms with E-state index in [0.717, 1.165) is 5.69 Å². The SMILES string of the molecule is CC(C)c1ncc(-c2ccccc2)cc1-c1ccccc1. The Bertz CT molecular complexity index is 715. The molecular formula is C20H19N. The molecule has 0 N–H and O–H groups in total. The lowest BCUT2D eigenvalue weighted by Gasteiger charge is -2.14. The summed E-state index contributed by atoms with van der Waals surface area (Å²) in [6.07, 6.45) is 1.98. The molecule has 0 saturated carbocycles. The van der Waals surface area contributed by atoms with Crippen LogP contribution >= 0.6 is 0 Å². The van der Waals surface area contributed by atoms with E-state index in [-0.39, 0.29) is 0 Å². The molecule has 0 aliphatic carbocycles. The number of benzene rings is 2. The first-order chi connectivity index (χ1) is 10.3. The molecule has 0 saturated heterocycles. The minimum Gasteiger partial charge on any atom is -0.260 e. The van der Waals surface area contributed by atoms with Gasteiger partial charge in [0.1, 0.15) is 0 Å². The molecule has 21 heavy (non-hydrogen) atoms. The van der Waals surface area contributed by atoms with Crippen molar-refractivity contribution in [1.29, 1.82) is 0 Å². The number of nitrogens with zero attached hydrogens (tertiary/aromatic N) is 1. The van der Waals surface area contributed by atoms with Crippen molar-refractivity contribution >= 4 is 0 Å². The highest BCUT2D eigenvalue weighted by atomic mass is 14.7. The molecule has 0 spiro atoms. The van der Waals surface area contributed by atoms with Gasteiger partial charge in [-0.25, -0.2) is 0 Å². The van der Waals surface area contributed by atoms with E-state index in [2.05, 4.69) is 68.4 Å². The van der Waals surface area contributed by atoms with Gasteiger partial charge in [0.25, 0.3) is 0 Å². The molecule has 0 atom stereocenters. The van der Waals surface area contributed by atoms with Gasteiger partial charge in [-0.05, 0) is 23.1 Å². The summed E-state index contributed by atoms with van der Waals surface area (Å²) in [4.78, 5) is 4.73. The molecule has 0 aliphatic heterocycles. The molecule has 0 unspecified atom stereocenters. The van der Waals surface area contributed by atoms with Gasteiger partial charge in [-0.3, -0.25) is 4.98 Å². The van der Waals surface area contributed by atoms with E-state index in [1.54, 1.807) is 0 Å². The van der Waals surface area contributed by atoms with Gasteiger partial charge in [0.15, 0.2) is 0 Å². The summed E-state index contributed by atoms with van der Waals surface area (Å²) in [5.41, 5.74) is 5.98. The van der Waals surface area contributed by atoms with Crippen LogP contribution in [0.2, 0.25) is 0 Å². The number of aromatic nitrogens is 1. The van der Waals surface area contributed by atoms with E-state index >= 15 is 0 Å². The number of hydrogen-bond acceptors (Lipinski definition) is 1. The second kappa shape index (κ2) is 5.92. The van der Waals surface area contributed by atoms with E-state index in [1.165, 1.54) is 22.3 Å². The van der Waals surface area contributed by atoms with Crippen molar-refractivity contribution in [3.8, 4) is 22.3 Å². The van der Waals surface area contributed by atoms with Gasteiger partial charge in [0.2, 0.25) is 0 Å². The van der Waals surface area contributed by atoms with Crippen LogP contribution in [0.15, 0.2) is 72.9 Å². The lowest BCUT2D eigenvalue weighted by Crippen LogP contribution is -1.97. The maximum atomic E-state index is 4.73. The molecule has 3 aromatic rings. The Morgan fingerprint density at radius 2 is 1.29 bits per heavy atom. The van der Waals surface area contributed by atoms with Gasteiger partial charge >= 0.3 is 0 Å². The van der Waals surface area contributed by atoms with Crippen molar-refractivity contribution in [3.05, 3.63) is 78.6 Å². The predicted molar refractivity (Wildman–Crippen MR) is 89.2 cm³/mol. The van der Waals surface area contributed by atoms with E-state index < -0.39 is 0 Å². The molecule has 2 aromatic carbocycles. The quantitative estimate of drug-likeness (QED) is 0.610. The van der Waals surface area contributed by atoms with Crippen molar-refractivity contribution < 1.29 is 0 Å². The summed E-state index contributed by atoms with van der Waals surface area (Å²) < 4.78 is 0. The van der Waals surface area contributed by atoms with Crippen LogP contribution in [0.1, 0.15) is 25.5 Å². The van der Waals surface area contributed by atoms with Gasteiger partial charge in [0.05, 0.1) is 5.69 Å². The molecule has 3 rings (SSSR count). The van der Waals surface area contributed by atoms with Crippen molar-refractivity contribution in [1.82, 2.24) is 4.98 Å². The molecule has 0 radical (unpaired) electrons. The van der Waals surface area contributed by atoms with Crippen molar-refractivity contribution in [3.63, 3.8) is 0 Å². The summed E-state index contributed by atoms with van der Waals surface area (Å²) in [6, 6.07) is 23.2. The van der Waals surface area contributed by atoms with E-state index in [4.69, 9.17) is 4.98 Å². The highest BCUT2D eigenvalue weighted by Gasteiger charge is 2.11. The molecule has 1 nitrogen and oxygen atoms in total. The van der Waals surface area contributed by atoms with Crippen LogP contribution < -0.4 is 0 Å². The van der Waals surface area contributed by atoms with Gasteiger partial charge < -0.3 is 0 Å². The third-order valence-corrected chi connectivity index (χ3v) is 3.66. The maximum absolute atomic E-state index is 4.73. The van der Waals surface area contributed by atoms with Crippen LogP contribution in [-0.2, 0) is 0 Å². The second-order valence-corrected chi connectivity index (χ2v) is 5.54. The zero-order chi connectivity index (χ0) is 14.7. The predicted octanol–water partition coefficient (Wildman–Crippen LogP) is 5.54. The Morgan fingerprint density at radius 1 is 0.714 bits per heavy atom. The van der Waals surface area contributed by atoms with Crippen molar-refractivity contribution in [2.24, 2.45) is 0 Å². The van der Waals surface area contributed by atoms with Crippen molar-refractivity contribution in [2.75, 3.05) is 0 Å². The molecule has 0 amide bonds. The normalized spacial score (nSPS) is 10.8. The minimum absolute atomic E-state index is 0.407. The molecule has 1 heteroatoms. The van der Waals surface area contributed by atoms with E-state index in [9.17, 15) is 0 Å². The lowest BCUT2D eigenvalue weighted by atomic mass is 9.95. The van der Waals surface area contributed by atoms with Gasteiger partial charge in [-0.2, -0.15) is 0 Å². The fourth-order valence-corrected chi connectivity index (χ4v) is 2.57. The largest absolute Gasteiger partial charge is 0.260 e. The standard InChI is InChI=1S/C20H19N/c1-15(2)20-19(17-11-7-4-8-12-17)13-18(14-21-20)16-9-5-3-6-10-16/h3-15H,1-2H3. The first kappa shape index (κ1) is 13.6. The van der Waals surface area contributed by atoms with Gasteiger partial charge in [-0.15, -0.1) is 0 Å². The Labute approximate surface area is 126 Å². The first-order valence-electron chi connectivity index (χ1n) is 7.36. The summed E-state index contributed by atoms with van der Waals surface area (Å²) in [6.45, 7) is 4.38. The third-order valence-electron chi connectivity index (χ3n) is 3.66. The lowest BCUT2D eigenvalue weighted by molar-refractivity contribution is 0.826.